The van der Waals surface area contributed by atoms with E-state index < -0.39 is 26.9 Å². The molecule has 0 bridgehead atoms. The predicted octanol–water partition coefficient (Wildman–Crippen LogP) is 1.59. The molecule has 1 atom stereocenters. The van der Waals surface area contributed by atoms with Crippen molar-refractivity contribution < 1.29 is 22.0 Å². The molecule has 1 saturated heterocycles. The van der Waals surface area contributed by atoms with Crippen LogP contribution in [0, 0.1) is 5.82 Å². The summed E-state index contributed by atoms with van der Waals surface area (Å²) in [6, 6.07) is 4.76. The molecule has 2 heterocycles. The molecule has 3 rings (SSSR count). The third-order valence-electron chi connectivity index (χ3n) is 3.63. The Labute approximate surface area is 132 Å². The van der Waals surface area contributed by atoms with Crippen molar-refractivity contribution in [2.45, 2.75) is 24.1 Å². The van der Waals surface area contributed by atoms with Crippen molar-refractivity contribution in [1.29, 1.82) is 0 Å². The quantitative estimate of drug-likeness (QED) is 0.843. The van der Waals surface area contributed by atoms with Crippen LogP contribution in [0.15, 0.2) is 33.9 Å². The zero-order chi connectivity index (χ0) is 16.6. The number of nitrogens with zero attached hydrogens (tertiary/aromatic N) is 3. The van der Waals surface area contributed by atoms with E-state index >= 15 is 0 Å². The Morgan fingerprint density at radius 1 is 1.30 bits per heavy atom. The zero-order valence-corrected chi connectivity index (χ0v) is 13.1. The topological polar surface area (TPSA) is 93.4 Å². The molecule has 23 heavy (non-hydrogen) atoms. The SMILES string of the molecule is CS(=O)(=O)c1nnc([C@@H]2CCCN2C(=O)c2ccc(F)cc2)o1. The molecule has 1 aliphatic rings. The first-order chi connectivity index (χ1) is 10.9. The second kappa shape index (κ2) is 5.73. The molecule has 0 unspecified atom stereocenters. The molecule has 2 aromatic rings. The van der Waals surface area contributed by atoms with Crippen molar-refractivity contribution in [3.8, 4) is 0 Å². The van der Waals surface area contributed by atoms with E-state index in [2.05, 4.69) is 10.2 Å². The summed E-state index contributed by atoms with van der Waals surface area (Å²) in [6.45, 7) is 0.484. The second-order valence-corrected chi connectivity index (χ2v) is 7.24. The van der Waals surface area contributed by atoms with Gasteiger partial charge in [0.25, 0.3) is 5.91 Å². The molecular weight excluding hydrogens is 325 g/mol. The summed E-state index contributed by atoms with van der Waals surface area (Å²) in [6.07, 6.45) is 2.30. The van der Waals surface area contributed by atoms with E-state index in [1.807, 2.05) is 0 Å². The number of aromatic nitrogens is 2. The normalized spacial score (nSPS) is 18.3. The third kappa shape index (κ3) is 3.09. The molecule has 1 fully saturated rings. The van der Waals surface area contributed by atoms with Gasteiger partial charge in [0.1, 0.15) is 11.9 Å². The first kappa shape index (κ1) is 15.6. The Morgan fingerprint density at radius 3 is 2.61 bits per heavy atom. The van der Waals surface area contributed by atoms with Crippen LogP contribution in [0.25, 0.3) is 0 Å². The maximum atomic E-state index is 13.0. The molecular formula is C14H14FN3O4S. The van der Waals surface area contributed by atoms with Gasteiger partial charge in [0, 0.05) is 18.4 Å². The van der Waals surface area contributed by atoms with Gasteiger partial charge in [-0.2, -0.15) is 0 Å². The monoisotopic (exact) mass is 339 g/mol. The van der Waals surface area contributed by atoms with Crippen LogP contribution in [0.4, 0.5) is 4.39 Å². The van der Waals surface area contributed by atoms with E-state index in [-0.39, 0.29) is 11.8 Å². The molecule has 0 saturated carbocycles. The van der Waals surface area contributed by atoms with E-state index in [0.717, 1.165) is 12.7 Å². The fourth-order valence-electron chi connectivity index (χ4n) is 2.53. The number of likely N-dealkylation sites (tertiary alicyclic amines) is 1. The van der Waals surface area contributed by atoms with Crippen molar-refractivity contribution >= 4 is 15.7 Å². The van der Waals surface area contributed by atoms with E-state index in [9.17, 15) is 17.6 Å². The summed E-state index contributed by atoms with van der Waals surface area (Å²) >= 11 is 0. The van der Waals surface area contributed by atoms with E-state index in [1.165, 1.54) is 29.2 Å². The van der Waals surface area contributed by atoms with Gasteiger partial charge in [0.15, 0.2) is 0 Å². The molecule has 0 spiro atoms. The molecule has 9 heteroatoms. The number of benzene rings is 1. The fourth-order valence-corrected chi connectivity index (χ4v) is 2.96. The van der Waals surface area contributed by atoms with Crippen LogP contribution in [0.2, 0.25) is 0 Å². The number of hydrogen-bond acceptors (Lipinski definition) is 6. The number of amides is 1. The third-order valence-corrected chi connectivity index (χ3v) is 4.43. The van der Waals surface area contributed by atoms with E-state index in [1.54, 1.807) is 0 Å². The van der Waals surface area contributed by atoms with E-state index in [4.69, 9.17) is 4.42 Å². The average Bonchev–Trinajstić information content (AvgIpc) is 3.15. The highest BCUT2D eigenvalue weighted by atomic mass is 32.2. The van der Waals surface area contributed by atoms with Gasteiger partial charge >= 0.3 is 5.22 Å². The van der Waals surface area contributed by atoms with Crippen LogP contribution in [0.5, 0.6) is 0 Å². The number of sulfone groups is 1. The van der Waals surface area contributed by atoms with Crippen molar-refractivity contribution in [2.75, 3.05) is 12.8 Å². The molecule has 7 nitrogen and oxygen atoms in total. The Hall–Kier alpha value is -2.29. The van der Waals surface area contributed by atoms with E-state index in [0.29, 0.717) is 18.5 Å². The summed E-state index contributed by atoms with van der Waals surface area (Å²) in [7, 11) is -3.59. The molecule has 1 amide bonds. The van der Waals surface area contributed by atoms with Crippen molar-refractivity contribution in [3.63, 3.8) is 0 Å². The molecule has 122 valence electrons. The minimum Gasteiger partial charge on any atom is -0.410 e. The Balaban J connectivity index is 1.87. The highest BCUT2D eigenvalue weighted by molar-refractivity contribution is 7.90. The summed E-state index contributed by atoms with van der Waals surface area (Å²) in [4.78, 5) is 14.1. The number of carbonyl (C=O) groups excluding carboxylic acids is 1. The maximum Gasteiger partial charge on any atom is 0.335 e. The van der Waals surface area contributed by atoms with Crippen LogP contribution in [0.1, 0.15) is 35.1 Å². The van der Waals surface area contributed by atoms with Gasteiger partial charge in [-0.3, -0.25) is 4.79 Å². The van der Waals surface area contributed by atoms with Crippen LogP contribution in [0.3, 0.4) is 0 Å². The summed E-state index contributed by atoms with van der Waals surface area (Å²) in [5, 5.41) is 6.81. The van der Waals surface area contributed by atoms with Gasteiger partial charge in [0.05, 0.1) is 0 Å². The Morgan fingerprint density at radius 2 is 2.00 bits per heavy atom. The standard InChI is InChI=1S/C14H14FN3O4S/c1-23(20,21)14-17-16-12(22-14)11-3-2-8-18(11)13(19)9-4-6-10(15)7-5-9/h4-7,11H,2-3,8H2,1H3/t11-/m0/s1. The number of rotatable bonds is 3. The van der Waals surface area contributed by atoms with Gasteiger partial charge in [0.2, 0.25) is 15.7 Å². The summed E-state index contributed by atoms with van der Waals surface area (Å²) in [5.74, 6) is -0.612. The lowest BCUT2D eigenvalue weighted by atomic mass is 10.1. The van der Waals surface area contributed by atoms with Gasteiger partial charge in [-0.25, -0.2) is 12.8 Å². The molecule has 0 N–H and O–H groups in total. The highest BCUT2D eigenvalue weighted by Crippen LogP contribution is 2.32. The minimum absolute atomic E-state index is 0.0957. The first-order valence-electron chi connectivity index (χ1n) is 6.96. The summed E-state index contributed by atoms with van der Waals surface area (Å²) in [5.41, 5.74) is 0.348. The van der Waals surface area contributed by atoms with Crippen molar-refractivity contribution in [1.82, 2.24) is 15.1 Å². The van der Waals surface area contributed by atoms with Crippen molar-refractivity contribution in [3.05, 3.63) is 41.5 Å². The van der Waals surface area contributed by atoms with Crippen LogP contribution in [-0.2, 0) is 9.84 Å². The average molecular weight is 339 g/mol. The number of halogens is 1. The molecule has 0 aliphatic carbocycles. The molecule has 1 aliphatic heterocycles. The fraction of sp³-hybridized carbons (Fsp3) is 0.357. The van der Waals surface area contributed by atoms with Crippen LogP contribution < -0.4 is 0 Å². The number of hydrogen-bond donors (Lipinski definition) is 0. The van der Waals surface area contributed by atoms with Gasteiger partial charge in [-0.05, 0) is 37.1 Å². The van der Waals surface area contributed by atoms with Gasteiger partial charge in [-0.1, -0.05) is 5.10 Å². The minimum atomic E-state index is -3.59. The first-order valence-corrected chi connectivity index (χ1v) is 8.85. The Bertz CT molecular complexity index is 832. The molecule has 0 radical (unpaired) electrons. The van der Waals surface area contributed by atoms with Gasteiger partial charge < -0.3 is 9.32 Å². The Kier molecular flexibility index (Phi) is 3.88. The van der Waals surface area contributed by atoms with Crippen molar-refractivity contribution in [2.24, 2.45) is 0 Å². The lowest BCUT2D eigenvalue weighted by Crippen LogP contribution is -2.30. The molecule has 1 aromatic heterocycles. The smallest absolute Gasteiger partial charge is 0.335 e. The van der Waals surface area contributed by atoms with Crippen LogP contribution in [-0.4, -0.2) is 42.2 Å². The summed E-state index contributed by atoms with van der Waals surface area (Å²) < 4.78 is 41.0. The van der Waals surface area contributed by atoms with Crippen LogP contribution >= 0.6 is 0 Å². The lowest BCUT2D eigenvalue weighted by molar-refractivity contribution is 0.0712. The predicted molar refractivity (Wildman–Crippen MR) is 76.8 cm³/mol. The largest absolute Gasteiger partial charge is 0.410 e. The highest BCUT2D eigenvalue weighted by Gasteiger charge is 2.35. The second-order valence-electron chi connectivity index (χ2n) is 5.34. The van der Waals surface area contributed by atoms with Gasteiger partial charge in [-0.15, -0.1) is 5.10 Å². The zero-order valence-electron chi connectivity index (χ0n) is 12.3. The maximum absolute atomic E-state index is 13.0. The number of carbonyl (C=O) groups is 1. The molecule has 1 aromatic carbocycles. The lowest BCUT2D eigenvalue weighted by Gasteiger charge is -2.22.